The van der Waals surface area contributed by atoms with Gasteiger partial charge in [0.05, 0.1) is 11.8 Å². The molecule has 142 valence electrons. The summed E-state index contributed by atoms with van der Waals surface area (Å²) in [4.78, 5) is 36.2. The molecule has 1 fully saturated rings. The van der Waals surface area contributed by atoms with Gasteiger partial charge in [-0.15, -0.1) is 0 Å². The van der Waals surface area contributed by atoms with Crippen LogP contribution >= 0.6 is 0 Å². The number of ether oxygens (including phenoxy) is 2. The fourth-order valence-electron chi connectivity index (χ4n) is 3.25. The first-order valence-corrected chi connectivity index (χ1v) is 9.16. The summed E-state index contributed by atoms with van der Waals surface area (Å²) in [5.74, 6) is -3.38. The van der Waals surface area contributed by atoms with E-state index in [0.717, 1.165) is 18.4 Å². The van der Waals surface area contributed by atoms with Crippen molar-refractivity contribution in [3.05, 3.63) is 35.9 Å². The van der Waals surface area contributed by atoms with Crippen molar-refractivity contribution in [1.29, 1.82) is 0 Å². The first-order chi connectivity index (χ1) is 12.5. The van der Waals surface area contributed by atoms with E-state index in [9.17, 15) is 14.4 Å². The first-order valence-electron chi connectivity index (χ1n) is 9.16. The molecule has 0 heterocycles. The minimum absolute atomic E-state index is 0.158. The van der Waals surface area contributed by atoms with Crippen LogP contribution in [0.15, 0.2) is 30.3 Å². The highest BCUT2D eigenvalue weighted by Crippen LogP contribution is 2.32. The predicted molar refractivity (Wildman–Crippen MR) is 94.1 cm³/mol. The highest BCUT2D eigenvalue weighted by Gasteiger charge is 2.39. The summed E-state index contributed by atoms with van der Waals surface area (Å²) in [5, 5.41) is 9.17. The Labute approximate surface area is 153 Å². The fourth-order valence-corrected chi connectivity index (χ4v) is 3.25. The summed E-state index contributed by atoms with van der Waals surface area (Å²) < 4.78 is 10.6. The lowest BCUT2D eigenvalue weighted by Crippen LogP contribution is -2.38. The molecule has 1 aromatic carbocycles. The molecule has 0 radical (unpaired) electrons. The first kappa shape index (κ1) is 19.9. The molecule has 26 heavy (non-hydrogen) atoms. The smallest absolute Gasteiger partial charge is 0.345 e. The largest absolute Gasteiger partial charge is 0.479 e. The molecule has 3 atom stereocenters. The standard InChI is InChI=1S/C20H26O6/c1-2-8-17(18(21)22)26-20(24)16-12-7-6-11-15(16)19(23)25-13-14-9-4-3-5-10-14/h3-5,9-10,15-17H,2,6-8,11-13H2,1H3,(H,21,22). The van der Waals surface area contributed by atoms with Gasteiger partial charge in [0.1, 0.15) is 6.61 Å². The van der Waals surface area contributed by atoms with E-state index in [1.807, 2.05) is 37.3 Å². The van der Waals surface area contributed by atoms with E-state index < -0.39 is 35.8 Å². The molecule has 1 aliphatic carbocycles. The Bertz CT molecular complexity index is 612. The number of rotatable bonds is 8. The average Bonchev–Trinajstić information content (AvgIpc) is 2.66. The van der Waals surface area contributed by atoms with Gasteiger partial charge in [-0.25, -0.2) is 4.79 Å². The summed E-state index contributed by atoms with van der Waals surface area (Å²) in [6, 6.07) is 9.34. The molecule has 1 N–H and O–H groups in total. The maximum absolute atomic E-state index is 12.5. The number of carboxylic acid groups (broad SMARTS) is 1. The average molecular weight is 362 g/mol. The molecule has 0 bridgehead atoms. The fraction of sp³-hybridized carbons (Fsp3) is 0.550. The van der Waals surface area contributed by atoms with Crippen LogP contribution in [0.4, 0.5) is 0 Å². The zero-order chi connectivity index (χ0) is 18.9. The summed E-state index contributed by atoms with van der Waals surface area (Å²) in [5.41, 5.74) is 0.879. The number of benzene rings is 1. The van der Waals surface area contributed by atoms with E-state index in [-0.39, 0.29) is 13.0 Å². The number of hydrogen-bond donors (Lipinski definition) is 1. The van der Waals surface area contributed by atoms with Gasteiger partial charge < -0.3 is 14.6 Å². The minimum Gasteiger partial charge on any atom is -0.479 e. The molecule has 1 aliphatic rings. The van der Waals surface area contributed by atoms with Gasteiger partial charge in [-0.1, -0.05) is 56.5 Å². The third-order valence-electron chi connectivity index (χ3n) is 4.68. The van der Waals surface area contributed by atoms with Gasteiger partial charge in [0, 0.05) is 0 Å². The normalized spacial score (nSPS) is 20.8. The molecule has 0 spiro atoms. The molecule has 0 saturated heterocycles. The van der Waals surface area contributed by atoms with Crippen LogP contribution in [0.5, 0.6) is 0 Å². The molecule has 6 nitrogen and oxygen atoms in total. The van der Waals surface area contributed by atoms with Crippen LogP contribution in [-0.2, 0) is 30.5 Å². The highest BCUT2D eigenvalue weighted by molar-refractivity contribution is 5.84. The summed E-state index contributed by atoms with van der Waals surface area (Å²) in [6.07, 6.45) is 2.42. The van der Waals surface area contributed by atoms with E-state index in [0.29, 0.717) is 19.3 Å². The van der Waals surface area contributed by atoms with Gasteiger partial charge in [-0.2, -0.15) is 0 Å². The second kappa shape index (κ2) is 9.94. The van der Waals surface area contributed by atoms with Crippen LogP contribution in [0.3, 0.4) is 0 Å². The van der Waals surface area contributed by atoms with Crippen molar-refractivity contribution in [1.82, 2.24) is 0 Å². The van der Waals surface area contributed by atoms with Crippen molar-refractivity contribution in [2.45, 2.75) is 58.2 Å². The van der Waals surface area contributed by atoms with Crippen LogP contribution in [0.1, 0.15) is 51.0 Å². The minimum atomic E-state index is -1.16. The molecule has 6 heteroatoms. The Morgan fingerprint density at radius 1 is 1.08 bits per heavy atom. The monoisotopic (exact) mass is 362 g/mol. The van der Waals surface area contributed by atoms with Crippen LogP contribution in [0.2, 0.25) is 0 Å². The number of carboxylic acids is 1. The molecule has 0 aliphatic heterocycles. The third kappa shape index (κ3) is 5.58. The Balaban J connectivity index is 1.97. The zero-order valence-corrected chi connectivity index (χ0v) is 15.1. The van der Waals surface area contributed by atoms with Crippen molar-refractivity contribution in [2.24, 2.45) is 11.8 Å². The van der Waals surface area contributed by atoms with Gasteiger partial charge in [0.15, 0.2) is 6.10 Å². The molecular formula is C20H26O6. The molecule has 1 saturated carbocycles. The summed E-state index contributed by atoms with van der Waals surface area (Å²) in [6.45, 7) is 1.99. The van der Waals surface area contributed by atoms with E-state index in [2.05, 4.69) is 0 Å². The molecule has 0 amide bonds. The number of carbonyl (C=O) groups excluding carboxylic acids is 2. The molecular weight excluding hydrogens is 336 g/mol. The van der Waals surface area contributed by atoms with Crippen molar-refractivity contribution in [3.63, 3.8) is 0 Å². The quantitative estimate of drug-likeness (QED) is 0.714. The molecule has 0 aromatic heterocycles. The maximum atomic E-state index is 12.5. The lowest BCUT2D eigenvalue weighted by Gasteiger charge is -2.29. The second-order valence-electron chi connectivity index (χ2n) is 6.64. The number of esters is 2. The Hall–Kier alpha value is -2.37. The van der Waals surface area contributed by atoms with Crippen molar-refractivity contribution >= 4 is 17.9 Å². The predicted octanol–water partition coefficient (Wildman–Crippen LogP) is 3.33. The number of aliphatic carboxylic acids is 1. The maximum Gasteiger partial charge on any atom is 0.345 e. The second-order valence-corrected chi connectivity index (χ2v) is 6.64. The van der Waals surface area contributed by atoms with Gasteiger partial charge in [0.25, 0.3) is 0 Å². The number of carbonyl (C=O) groups is 3. The Morgan fingerprint density at radius 3 is 2.27 bits per heavy atom. The third-order valence-corrected chi connectivity index (χ3v) is 4.68. The Morgan fingerprint density at radius 2 is 1.69 bits per heavy atom. The van der Waals surface area contributed by atoms with Crippen molar-refractivity contribution in [2.75, 3.05) is 0 Å². The van der Waals surface area contributed by atoms with Crippen LogP contribution < -0.4 is 0 Å². The number of hydrogen-bond acceptors (Lipinski definition) is 5. The topological polar surface area (TPSA) is 89.9 Å². The van der Waals surface area contributed by atoms with Gasteiger partial charge in [-0.05, 0) is 24.8 Å². The van der Waals surface area contributed by atoms with Crippen LogP contribution in [-0.4, -0.2) is 29.1 Å². The van der Waals surface area contributed by atoms with Crippen molar-refractivity contribution in [3.8, 4) is 0 Å². The molecule has 3 unspecified atom stereocenters. The van der Waals surface area contributed by atoms with Gasteiger partial charge in [0.2, 0.25) is 0 Å². The van der Waals surface area contributed by atoms with Gasteiger partial charge in [-0.3, -0.25) is 9.59 Å². The summed E-state index contributed by atoms with van der Waals surface area (Å²) >= 11 is 0. The zero-order valence-electron chi connectivity index (χ0n) is 15.1. The van der Waals surface area contributed by atoms with Crippen LogP contribution in [0.25, 0.3) is 0 Å². The van der Waals surface area contributed by atoms with Crippen molar-refractivity contribution < 1.29 is 29.0 Å². The SMILES string of the molecule is CCCC(OC(=O)C1CCCCC1C(=O)OCc1ccccc1)C(=O)O. The highest BCUT2D eigenvalue weighted by atomic mass is 16.6. The van der Waals surface area contributed by atoms with Gasteiger partial charge >= 0.3 is 17.9 Å². The van der Waals surface area contributed by atoms with Crippen LogP contribution in [0, 0.1) is 11.8 Å². The summed E-state index contributed by atoms with van der Waals surface area (Å²) in [7, 11) is 0. The van der Waals surface area contributed by atoms with E-state index >= 15 is 0 Å². The lowest BCUT2D eigenvalue weighted by molar-refractivity contribution is -0.173. The Kier molecular flexibility index (Phi) is 7.63. The van der Waals surface area contributed by atoms with E-state index in [1.165, 1.54) is 0 Å². The van der Waals surface area contributed by atoms with E-state index in [4.69, 9.17) is 14.6 Å². The molecule has 1 aromatic rings. The van der Waals surface area contributed by atoms with E-state index in [1.54, 1.807) is 0 Å². The lowest BCUT2D eigenvalue weighted by atomic mass is 9.79. The molecule has 2 rings (SSSR count).